The molecule has 0 radical (unpaired) electrons. The van der Waals surface area contributed by atoms with Crippen molar-refractivity contribution in [2.45, 2.75) is 19.4 Å². The molecule has 168 valence electrons. The first kappa shape index (κ1) is 22.1. The van der Waals surface area contributed by atoms with Crippen LogP contribution in [0.1, 0.15) is 17.8 Å². The first-order valence-corrected chi connectivity index (χ1v) is 11.1. The van der Waals surface area contributed by atoms with Gasteiger partial charge in [-0.15, -0.1) is 0 Å². The first-order chi connectivity index (χ1) is 15.5. The van der Waals surface area contributed by atoms with E-state index in [0.29, 0.717) is 54.2 Å². The topological polar surface area (TPSA) is 90.7 Å². The van der Waals surface area contributed by atoms with Gasteiger partial charge in [-0.25, -0.2) is 14.5 Å². The molecule has 0 bridgehead atoms. The number of benzene rings is 2. The minimum atomic E-state index is -1.06. The smallest absolute Gasteiger partial charge is 0.404 e. The second-order valence-corrected chi connectivity index (χ2v) is 8.24. The lowest BCUT2D eigenvalue weighted by Gasteiger charge is -2.37. The minimum absolute atomic E-state index is 0.182. The van der Waals surface area contributed by atoms with Crippen molar-refractivity contribution in [2.24, 2.45) is 0 Å². The van der Waals surface area contributed by atoms with Crippen molar-refractivity contribution in [3.05, 3.63) is 75.3 Å². The number of aryl methyl sites for hydroxylation is 1. The molecular weight excluding hydrogens is 430 g/mol. The lowest BCUT2D eigenvalue weighted by molar-refractivity contribution is 0.194. The van der Waals surface area contributed by atoms with Crippen molar-refractivity contribution in [1.82, 2.24) is 19.9 Å². The summed E-state index contributed by atoms with van der Waals surface area (Å²) in [6, 6.07) is 15.6. The van der Waals surface area contributed by atoms with Crippen LogP contribution in [-0.4, -0.2) is 58.5 Å². The van der Waals surface area contributed by atoms with Gasteiger partial charge in [-0.2, -0.15) is 0 Å². The van der Waals surface area contributed by atoms with E-state index < -0.39 is 6.09 Å². The highest BCUT2D eigenvalue weighted by Gasteiger charge is 2.22. The predicted molar refractivity (Wildman–Crippen MR) is 125 cm³/mol. The highest BCUT2D eigenvalue weighted by molar-refractivity contribution is 6.35. The highest BCUT2D eigenvalue weighted by Crippen LogP contribution is 2.20. The standard InChI is InChI=1S/C23H26ClN5O3/c24-18-8-4-9-19-21(18)22(30)29(20(26-19)10-5-11-25-23(31)32)28-14-12-27(13-15-28)16-17-6-2-1-3-7-17/h1-4,6-9,25H,5,10-16H2,(H,31,32). The van der Waals surface area contributed by atoms with Crippen molar-refractivity contribution < 1.29 is 9.90 Å². The van der Waals surface area contributed by atoms with Gasteiger partial charge >= 0.3 is 6.09 Å². The maximum atomic E-state index is 13.5. The Morgan fingerprint density at radius 3 is 2.53 bits per heavy atom. The summed E-state index contributed by atoms with van der Waals surface area (Å²) in [4.78, 5) is 31.3. The molecule has 9 heteroatoms. The molecule has 8 nitrogen and oxygen atoms in total. The zero-order valence-electron chi connectivity index (χ0n) is 17.7. The van der Waals surface area contributed by atoms with E-state index in [-0.39, 0.29) is 5.56 Å². The Morgan fingerprint density at radius 2 is 1.81 bits per heavy atom. The van der Waals surface area contributed by atoms with Crippen LogP contribution in [0.5, 0.6) is 0 Å². The average Bonchev–Trinajstić information content (AvgIpc) is 2.78. The Labute approximate surface area is 191 Å². The minimum Gasteiger partial charge on any atom is -0.465 e. The van der Waals surface area contributed by atoms with Crippen LogP contribution in [0.4, 0.5) is 4.79 Å². The number of hydrogen-bond donors (Lipinski definition) is 2. The maximum absolute atomic E-state index is 13.5. The van der Waals surface area contributed by atoms with E-state index in [9.17, 15) is 9.59 Å². The molecule has 1 fully saturated rings. The van der Waals surface area contributed by atoms with Crippen molar-refractivity contribution in [1.29, 1.82) is 0 Å². The van der Waals surface area contributed by atoms with E-state index in [0.717, 1.165) is 19.6 Å². The summed E-state index contributed by atoms with van der Waals surface area (Å²) in [5.41, 5.74) is 1.64. The predicted octanol–water partition coefficient (Wildman–Crippen LogP) is 2.70. The van der Waals surface area contributed by atoms with Crippen LogP contribution in [0.2, 0.25) is 5.02 Å². The van der Waals surface area contributed by atoms with Crippen molar-refractivity contribution >= 4 is 28.6 Å². The van der Waals surface area contributed by atoms with E-state index >= 15 is 0 Å². The Kier molecular flexibility index (Phi) is 6.92. The summed E-state index contributed by atoms with van der Waals surface area (Å²) in [5.74, 6) is 0.619. The number of carboxylic acid groups (broad SMARTS) is 1. The third-order valence-electron chi connectivity index (χ3n) is 5.63. The van der Waals surface area contributed by atoms with Gasteiger partial charge < -0.3 is 15.4 Å². The molecule has 2 N–H and O–H groups in total. The van der Waals surface area contributed by atoms with Crippen LogP contribution in [-0.2, 0) is 13.0 Å². The number of fused-ring (bicyclic) bond motifs is 1. The number of nitrogens with one attached hydrogen (secondary N) is 1. The van der Waals surface area contributed by atoms with Crippen LogP contribution in [0, 0.1) is 0 Å². The molecule has 2 aromatic carbocycles. The van der Waals surface area contributed by atoms with Gasteiger partial charge in [-0.3, -0.25) is 9.69 Å². The van der Waals surface area contributed by atoms with E-state index in [1.165, 1.54) is 5.56 Å². The maximum Gasteiger partial charge on any atom is 0.404 e. The van der Waals surface area contributed by atoms with Gasteiger partial charge in [-0.1, -0.05) is 48.0 Å². The van der Waals surface area contributed by atoms with Crippen molar-refractivity contribution in [3.8, 4) is 0 Å². The fourth-order valence-corrected chi connectivity index (χ4v) is 4.31. The number of carbonyl (C=O) groups is 1. The SMILES string of the molecule is O=C(O)NCCCc1nc2cccc(Cl)c2c(=O)n1N1CCN(Cc2ccccc2)CC1. The Balaban J connectivity index is 1.56. The van der Waals surface area contributed by atoms with E-state index in [2.05, 4.69) is 22.3 Å². The van der Waals surface area contributed by atoms with Crippen LogP contribution in [0.25, 0.3) is 10.9 Å². The number of hydrogen-bond acceptors (Lipinski definition) is 5. The average molecular weight is 456 g/mol. The third-order valence-corrected chi connectivity index (χ3v) is 5.94. The van der Waals surface area contributed by atoms with Gasteiger partial charge in [0.05, 0.1) is 15.9 Å². The number of piperazine rings is 1. The molecule has 0 saturated carbocycles. The first-order valence-electron chi connectivity index (χ1n) is 10.7. The third kappa shape index (κ3) is 5.03. The number of aromatic nitrogens is 2. The van der Waals surface area contributed by atoms with Gasteiger partial charge in [0.15, 0.2) is 0 Å². The molecule has 0 unspecified atom stereocenters. The molecule has 32 heavy (non-hydrogen) atoms. The fourth-order valence-electron chi connectivity index (χ4n) is 4.06. The van der Waals surface area contributed by atoms with Gasteiger partial charge in [0.2, 0.25) is 0 Å². The normalized spacial score (nSPS) is 14.6. The van der Waals surface area contributed by atoms with Crippen LogP contribution in [0.15, 0.2) is 53.3 Å². The van der Waals surface area contributed by atoms with Crippen LogP contribution in [0.3, 0.4) is 0 Å². The molecule has 1 aliphatic rings. The van der Waals surface area contributed by atoms with Gasteiger partial charge in [-0.05, 0) is 24.1 Å². The summed E-state index contributed by atoms with van der Waals surface area (Å²) in [6.45, 7) is 4.18. The Morgan fingerprint density at radius 1 is 1.06 bits per heavy atom. The second kappa shape index (κ2) is 10.0. The van der Waals surface area contributed by atoms with E-state index in [1.807, 2.05) is 23.2 Å². The molecular formula is C23H26ClN5O3. The number of halogens is 1. The summed E-state index contributed by atoms with van der Waals surface area (Å²) in [7, 11) is 0. The Bertz CT molecular complexity index is 1140. The van der Waals surface area contributed by atoms with Crippen LogP contribution < -0.4 is 15.9 Å². The lowest BCUT2D eigenvalue weighted by atomic mass is 10.2. The molecule has 0 atom stereocenters. The summed E-state index contributed by atoms with van der Waals surface area (Å²) in [5, 5.41) is 14.0. The Hall–Kier alpha value is -3.10. The van der Waals surface area contributed by atoms with E-state index in [4.69, 9.17) is 21.7 Å². The molecule has 2 heterocycles. The zero-order valence-corrected chi connectivity index (χ0v) is 18.5. The molecule has 0 spiro atoms. The second-order valence-electron chi connectivity index (χ2n) is 7.83. The number of amides is 1. The summed E-state index contributed by atoms with van der Waals surface area (Å²) in [6.07, 6.45) is -0.0451. The fraction of sp³-hybridized carbons (Fsp3) is 0.348. The van der Waals surface area contributed by atoms with Crippen molar-refractivity contribution in [2.75, 3.05) is 37.7 Å². The zero-order chi connectivity index (χ0) is 22.5. The number of nitrogens with zero attached hydrogens (tertiary/aromatic N) is 4. The number of rotatable bonds is 7. The van der Waals surface area contributed by atoms with Gasteiger partial charge in [0.1, 0.15) is 5.82 Å². The highest BCUT2D eigenvalue weighted by atomic mass is 35.5. The lowest BCUT2D eigenvalue weighted by Crippen LogP contribution is -2.54. The summed E-state index contributed by atoms with van der Waals surface area (Å²) >= 11 is 6.35. The molecule has 0 aliphatic carbocycles. The van der Waals surface area contributed by atoms with Gasteiger partial charge in [0, 0.05) is 45.7 Å². The van der Waals surface area contributed by atoms with Gasteiger partial charge in [0.25, 0.3) is 5.56 Å². The van der Waals surface area contributed by atoms with Crippen molar-refractivity contribution in [3.63, 3.8) is 0 Å². The molecule has 1 amide bonds. The molecule has 4 rings (SSSR count). The van der Waals surface area contributed by atoms with E-state index in [1.54, 1.807) is 22.9 Å². The largest absolute Gasteiger partial charge is 0.465 e. The monoisotopic (exact) mass is 455 g/mol. The molecule has 1 saturated heterocycles. The molecule has 1 aromatic heterocycles. The quantitative estimate of drug-likeness (QED) is 0.532. The molecule has 3 aromatic rings. The van der Waals surface area contributed by atoms with Crippen LogP contribution >= 0.6 is 11.6 Å². The summed E-state index contributed by atoms with van der Waals surface area (Å²) < 4.78 is 1.65. The molecule has 1 aliphatic heterocycles.